The molecule has 0 radical (unpaired) electrons. The van der Waals surface area contributed by atoms with Gasteiger partial charge in [0.15, 0.2) is 0 Å². The first-order valence-electron chi connectivity index (χ1n) is 6.48. The van der Waals surface area contributed by atoms with E-state index in [9.17, 15) is 10.2 Å². The summed E-state index contributed by atoms with van der Waals surface area (Å²) in [7, 11) is 3.17. The van der Waals surface area contributed by atoms with Gasteiger partial charge in [0.1, 0.15) is 0 Å². The summed E-state index contributed by atoms with van der Waals surface area (Å²) in [6.07, 6.45) is -0.912. The van der Waals surface area contributed by atoms with Crippen molar-refractivity contribution >= 4 is 21.6 Å². The zero-order chi connectivity index (χ0) is 14.2. The summed E-state index contributed by atoms with van der Waals surface area (Å²) in [4.78, 5) is 0. The molecule has 2 aromatic carbocycles. The van der Waals surface area contributed by atoms with E-state index in [-0.39, 0.29) is 0 Å². The first kappa shape index (κ1) is 15.4. The summed E-state index contributed by atoms with van der Waals surface area (Å²) < 4.78 is 0. The fourth-order valence-corrected chi connectivity index (χ4v) is 3.95. The fraction of sp³-hybridized carbons (Fsp3) is 0.250. The number of aliphatic hydroxyl groups is 2. The van der Waals surface area contributed by atoms with E-state index in [0.717, 1.165) is 11.1 Å². The highest BCUT2D eigenvalue weighted by atomic mass is 33.1. The molecule has 0 aliphatic heterocycles. The van der Waals surface area contributed by atoms with Gasteiger partial charge in [-0.25, -0.2) is 0 Å². The summed E-state index contributed by atoms with van der Waals surface area (Å²) >= 11 is 0. The smallest absolute Gasteiger partial charge is 0.0888 e. The molecule has 0 aliphatic rings. The summed E-state index contributed by atoms with van der Waals surface area (Å²) in [6.45, 7) is 0. The van der Waals surface area contributed by atoms with Gasteiger partial charge in [0, 0.05) is 11.5 Å². The number of hydrogen-bond donors (Lipinski definition) is 2. The lowest BCUT2D eigenvalue weighted by atomic mass is 10.1. The van der Waals surface area contributed by atoms with Crippen LogP contribution in [0.15, 0.2) is 60.7 Å². The van der Waals surface area contributed by atoms with E-state index in [1.54, 1.807) is 21.6 Å². The summed E-state index contributed by atoms with van der Waals surface area (Å²) in [6, 6.07) is 19.3. The van der Waals surface area contributed by atoms with Crippen LogP contribution in [0.4, 0.5) is 0 Å². The Morgan fingerprint density at radius 2 is 1.00 bits per heavy atom. The van der Waals surface area contributed by atoms with Crippen LogP contribution in [0.25, 0.3) is 0 Å². The van der Waals surface area contributed by atoms with Crippen LogP contribution in [0.5, 0.6) is 0 Å². The Kier molecular flexibility index (Phi) is 6.47. The largest absolute Gasteiger partial charge is 0.388 e. The quantitative estimate of drug-likeness (QED) is 0.602. The molecule has 0 aromatic heterocycles. The lowest BCUT2D eigenvalue weighted by Crippen LogP contribution is -2.01. The molecule has 2 N–H and O–H groups in total. The number of benzene rings is 2. The molecule has 4 heteroatoms. The third kappa shape index (κ3) is 4.87. The molecule has 0 heterocycles. The van der Waals surface area contributed by atoms with Crippen LogP contribution in [0.3, 0.4) is 0 Å². The zero-order valence-corrected chi connectivity index (χ0v) is 12.7. The minimum Gasteiger partial charge on any atom is -0.388 e. The minimum atomic E-state index is -0.456. The van der Waals surface area contributed by atoms with Gasteiger partial charge < -0.3 is 10.2 Å². The van der Waals surface area contributed by atoms with Crippen molar-refractivity contribution in [3.8, 4) is 0 Å². The molecule has 0 unspecified atom stereocenters. The van der Waals surface area contributed by atoms with E-state index in [0.29, 0.717) is 11.5 Å². The molecule has 0 amide bonds. The maximum absolute atomic E-state index is 10.0. The molecule has 2 atom stereocenters. The van der Waals surface area contributed by atoms with Crippen molar-refractivity contribution in [3.05, 3.63) is 71.8 Å². The third-order valence-corrected chi connectivity index (χ3v) is 5.29. The van der Waals surface area contributed by atoms with Crippen molar-refractivity contribution in [1.29, 1.82) is 0 Å². The third-order valence-electron chi connectivity index (χ3n) is 2.90. The molecule has 0 aliphatic carbocycles. The van der Waals surface area contributed by atoms with Crippen LogP contribution in [0.2, 0.25) is 0 Å². The highest BCUT2D eigenvalue weighted by molar-refractivity contribution is 8.76. The second-order valence-electron chi connectivity index (χ2n) is 4.42. The van der Waals surface area contributed by atoms with Gasteiger partial charge in [-0.15, -0.1) is 0 Å². The van der Waals surface area contributed by atoms with Crippen LogP contribution in [0.1, 0.15) is 23.3 Å². The van der Waals surface area contributed by atoms with E-state index in [2.05, 4.69) is 0 Å². The molecule has 106 valence electrons. The average Bonchev–Trinajstić information content (AvgIpc) is 2.53. The maximum Gasteiger partial charge on any atom is 0.0888 e. The van der Waals surface area contributed by atoms with Gasteiger partial charge in [-0.1, -0.05) is 82.3 Å². The number of aliphatic hydroxyl groups excluding tert-OH is 2. The molecular weight excluding hydrogens is 288 g/mol. The van der Waals surface area contributed by atoms with Crippen molar-refractivity contribution in [3.63, 3.8) is 0 Å². The van der Waals surface area contributed by atoms with Crippen LogP contribution in [-0.4, -0.2) is 21.7 Å². The second kappa shape index (κ2) is 8.37. The minimum absolute atomic E-state index is 0.456. The second-order valence-corrected chi connectivity index (χ2v) is 6.97. The van der Waals surface area contributed by atoms with Crippen molar-refractivity contribution in [2.45, 2.75) is 12.2 Å². The van der Waals surface area contributed by atoms with Gasteiger partial charge >= 0.3 is 0 Å². The Balaban J connectivity index is 1.69. The van der Waals surface area contributed by atoms with E-state index < -0.39 is 12.2 Å². The maximum atomic E-state index is 10.0. The van der Waals surface area contributed by atoms with Crippen LogP contribution in [-0.2, 0) is 0 Å². The molecule has 0 spiro atoms. The Morgan fingerprint density at radius 3 is 1.35 bits per heavy atom. The van der Waals surface area contributed by atoms with Crippen LogP contribution >= 0.6 is 21.6 Å². The number of hydrogen-bond acceptors (Lipinski definition) is 4. The normalized spacial score (nSPS) is 13.9. The van der Waals surface area contributed by atoms with Crippen molar-refractivity contribution in [1.82, 2.24) is 0 Å². The van der Waals surface area contributed by atoms with Crippen molar-refractivity contribution < 1.29 is 10.2 Å². The number of rotatable bonds is 7. The van der Waals surface area contributed by atoms with E-state index in [1.165, 1.54) is 0 Å². The highest BCUT2D eigenvalue weighted by Gasteiger charge is 2.10. The van der Waals surface area contributed by atoms with E-state index in [1.807, 2.05) is 60.7 Å². The summed E-state index contributed by atoms with van der Waals surface area (Å²) in [5, 5.41) is 20.0. The Labute approximate surface area is 127 Å². The summed E-state index contributed by atoms with van der Waals surface area (Å²) in [5.41, 5.74) is 1.87. The lowest BCUT2D eigenvalue weighted by Gasteiger charge is -2.12. The highest BCUT2D eigenvalue weighted by Crippen LogP contribution is 2.30. The first-order valence-corrected chi connectivity index (χ1v) is 8.96. The van der Waals surface area contributed by atoms with Gasteiger partial charge in [-0.3, -0.25) is 0 Å². The zero-order valence-electron chi connectivity index (χ0n) is 11.1. The van der Waals surface area contributed by atoms with Gasteiger partial charge in [0.25, 0.3) is 0 Å². The molecule has 2 aromatic rings. The predicted molar refractivity (Wildman–Crippen MR) is 87.7 cm³/mol. The fourth-order valence-electron chi connectivity index (χ4n) is 1.77. The van der Waals surface area contributed by atoms with Gasteiger partial charge in [-0.05, 0) is 11.1 Å². The Bertz CT molecular complexity index is 443. The molecule has 2 nitrogen and oxygen atoms in total. The first-order chi connectivity index (χ1) is 9.77. The monoisotopic (exact) mass is 306 g/mol. The SMILES string of the molecule is O[C@@H](CSSC[C@H](O)c1ccccc1)c1ccccc1. The van der Waals surface area contributed by atoms with Crippen molar-refractivity contribution in [2.75, 3.05) is 11.5 Å². The molecule has 20 heavy (non-hydrogen) atoms. The van der Waals surface area contributed by atoms with E-state index >= 15 is 0 Å². The molecule has 0 bridgehead atoms. The topological polar surface area (TPSA) is 40.5 Å². The standard InChI is InChI=1S/C16H18O2S2/c17-15(13-7-3-1-4-8-13)11-19-20-12-16(18)14-9-5-2-6-10-14/h1-10,15-18H,11-12H2/t15-,16-/m0/s1. The lowest BCUT2D eigenvalue weighted by molar-refractivity contribution is 0.203. The van der Waals surface area contributed by atoms with Gasteiger partial charge in [-0.2, -0.15) is 0 Å². The average molecular weight is 306 g/mol. The van der Waals surface area contributed by atoms with E-state index in [4.69, 9.17) is 0 Å². The van der Waals surface area contributed by atoms with Gasteiger partial charge in [0.05, 0.1) is 12.2 Å². The predicted octanol–water partition coefficient (Wildman–Crippen LogP) is 3.84. The Morgan fingerprint density at radius 1 is 0.650 bits per heavy atom. The Hall–Kier alpha value is -0.940. The van der Waals surface area contributed by atoms with Crippen molar-refractivity contribution in [2.24, 2.45) is 0 Å². The molecule has 0 saturated heterocycles. The van der Waals surface area contributed by atoms with Crippen LogP contribution in [0, 0.1) is 0 Å². The van der Waals surface area contributed by atoms with Gasteiger partial charge in [0.2, 0.25) is 0 Å². The molecule has 0 fully saturated rings. The molecule has 2 rings (SSSR count). The van der Waals surface area contributed by atoms with Crippen LogP contribution < -0.4 is 0 Å². The summed E-state index contributed by atoms with van der Waals surface area (Å²) in [5.74, 6) is 1.24. The molecule has 0 saturated carbocycles. The molecular formula is C16H18O2S2.